The Labute approximate surface area is 169 Å². The van der Waals surface area contributed by atoms with Gasteiger partial charge in [0, 0.05) is 23.2 Å². The topological polar surface area (TPSA) is 55.4 Å². The number of allylic oxidation sites excluding steroid dienone is 1. The third-order valence-corrected chi connectivity index (χ3v) is 5.94. The summed E-state index contributed by atoms with van der Waals surface area (Å²) in [5.74, 6) is -0.155. The van der Waals surface area contributed by atoms with E-state index in [1.54, 1.807) is 12.1 Å². The molecule has 0 saturated heterocycles. The minimum absolute atomic E-state index is 0.208. The van der Waals surface area contributed by atoms with Crippen LogP contribution < -0.4 is 5.32 Å². The monoisotopic (exact) mass is 383 g/mol. The summed E-state index contributed by atoms with van der Waals surface area (Å²) in [5, 5.41) is 5.96. The summed E-state index contributed by atoms with van der Waals surface area (Å²) in [4.78, 5) is 24.8. The highest BCUT2D eigenvalue weighted by Gasteiger charge is 2.34. The molecule has 1 atom stereocenters. The Morgan fingerprint density at radius 2 is 1.79 bits per heavy atom. The number of anilines is 1. The number of nitrogens with one attached hydrogen (secondary N) is 1. The molecule has 1 aliphatic heterocycles. The predicted octanol–water partition coefficient (Wildman–Crippen LogP) is 5.30. The Morgan fingerprint density at radius 1 is 1.00 bits per heavy atom. The third-order valence-electron chi connectivity index (χ3n) is 5.94. The van der Waals surface area contributed by atoms with Gasteiger partial charge in [0.1, 0.15) is 0 Å². The average Bonchev–Trinajstić information content (AvgIpc) is 2.78. The lowest BCUT2D eigenvalue weighted by Crippen LogP contribution is -2.27. The smallest absolute Gasteiger partial charge is 0.337 e. The van der Waals surface area contributed by atoms with Crippen molar-refractivity contribution in [3.05, 3.63) is 82.9 Å². The van der Waals surface area contributed by atoms with Crippen LogP contribution in [0.4, 0.5) is 5.69 Å². The molecule has 1 aliphatic carbocycles. The molecule has 4 heteroatoms. The molecule has 0 bridgehead atoms. The van der Waals surface area contributed by atoms with Crippen LogP contribution in [0.25, 0.3) is 16.3 Å². The number of benzene rings is 3. The second kappa shape index (κ2) is 6.89. The molecule has 1 N–H and O–H groups in total. The first-order valence-corrected chi connectivity index (χ1v) is 9.90. The quantitative estimate of drug-likeness (QED) is 0.610. The molecule has 144 valence electrons. The second-order valence-corrected chi connectivity index (χ2v) is 7.57. The lowest BCUT2D eigenvalue weighted by atomic mass is 9.77. The van der Waals surface area contributed by atoms with Gasteiger partial charge in [0.25, 0.3) is 0 Å². The van der Waals surface area contributed by atoms with Crippen LogP contribution in [0.5, 0.6) is 0 Å². The molecule has 0 amide bonds. The highest BCUT2D eigenvalue weighted by molar-refractivity contribution is 6.12. The molecule has 0 radical (unpaired) electrons. The fourth-order valence-corrected chi connectivity index (χ4v) is 4.58. The minimum Gasteiger partial charge on any atom is -0.465 e. The van der Waals surface area contributed by atoms with Gasteiger partial charge in [-0.05, 0) is 52.9 Å². The van der Waals surface area contributed by atoms with Crippen LogP contribution in [0.15, 0.2) is 66.2 Å². The van der Waals surface area contributed by atoms with E-state index in [0.717, 1.165) is 40.8 Å². The van der Waals surface area contributed by atoms with Crippen molar-refractivity contribution in [2.24, 2.45) is 0 Å². The SMILES string of the molecule is COC(=O)c1ccc([C@@H]2Nc3ccc4ccccc4c3C3=C2C(=O)CCC3)cc1. The molecule has 0 unspecified atom stereocenters. The number of ether oxygens (including phenoxy) is 1. The Kier molecular flexibility index (Phi) is 4.20. The Balaban J connectivity index is 1.68. The van der Waals surface area contributed by atoms with E-state index in [4.69, 9.17) is 4.74 Å². The van der Waals surface area contributed by atoms with Gasteiger partial charge in [0.2, 0.25) is 0 Å². The fraction of sp³-hybridized carbons (Fsp3) is 0.200. The molecule has 29 heavy (non-hydrogen) atoms. The molecule has 3 aromatic carbocycles. The predicted molar refractivity (Wildman–Crippen MR) is 114 cm³/mol. The van der Waals surface area contributed by atoms with Gasteiger partial charge in [-0.2, -0.15) is 0 Å². The van der Waals surface area contributed by atoms with E-state index in [2.05, 4.69) is 29.6 Å². The molecule has 4 nitrogen and oxygen atoms in total. The molecule has 2 aliphatic rings. The minimum atomic E-state index is -0.362. The third kappa shape index (κ3) is 2.83. The highest BCUT2D eigenvalue weighted by Crippen LogP contribution is 2.47. The van der Waals surface area contributed by atoms with Gasteiger partial charge >= 0.3 is 5.97 Å². The van der Waals surface area contributed by atoms with E-state index in [1.165, 1.54) is 17.9 Å². The first kappa shape index (κ1) is 17.7. The van der Waals surface area contributed by atoms with E-state index in [0.29, 0.717) is 12.0 Å². The Morgan fingerprint density at radius 3 is 2.59 bits per heavy atom. The Hall–Kier alpha value is -3.40. The van der Waals surface area contributed by atoms with Crippen molar-refractivity contribution in [1.29, 1.82) is 0 Å². The number of carbonyl (C=O) groups excluding carboxylic acids is 2. The van der Waals surface area contributed by atoms with E-state index < -0.39 is 0 Å². The summed E-state index contributed by atoms with van der Waals surface area (Å²) in [5.41, 5.74) is 5.72. The van der Waals surface area contributed by atoms with Crippen LogP contribution >= 0.6 is 0 Å². The van der Waals surface area contributed by atoms with Crippen LogP contribution in [0.2, 0.25) is 0 Å². The van der Waals surface area contributed by atoms with Gasteiger partial charge in [0.05, 0.1) is 18.7 Å². The highest BCUT2D eigenvalue weighted by atomic mass is 16.5. The number of hydrogen-bond acceptors (Lipinski definition) is 4. The van der Waals surface area contributed by atoms with Gasteiger partial charge in [-0.3, -0.25) is 4.79 Å². The zero-order valence-corrected chi connectivity index (χ0v) is 16.2. The second-order valence-electron chi connectivity index (χ2n) is 7.57. The van der Waals surface area contributed by atoms with Crippen molar-refractivity contribution < 1.29 is 14.3 Å². The van der Waals surface area contributed by atoms with Crippen molar-refractivity contribution in [3.63, 3.8) is 0 Å². The van der Waals surface area contributed by atoms with Gasteiger partial charge in [-0.15, -0.1) is 0 Å². The maximum atomic E-state index is 13.0. The molecular formula is C25H21NO3. The van der Waals surface area contributed by atoms with Gasteiger partial charge < -0.3 is 10.1 Å². The molecular weight excluding hydrogens is 362 g/mol. The maximum Gasteiger partial charge on any atom is 0.337 e. The van der Waals surface area contributed by atoms with Crippen molar-refractivity contribution in [3.8, 4) is 0 Å². The normalized spacial score (nSPS) is 18.1. The molecule has 1 heterocycles. The first-order chi connectivity index (χ1) is 14.2. The largest absolute Gasteiger partial charge is 0.465 e. The van der Waals surface area contributed by atoms with Crippen LogP contribution in [-0.4, -0.2) is 18.9 Å². The van der Waals surface area contributed by atoms with Crippen LogP contribution in [0.3, 0.4) is 0 Å². The Bertz CT molecular complexity index is 1170. The van der Waals surface area contributed by atoms with Crippen LogP contribution in [0.1, 0.15) is 46.8 Å². The number of methoxy groups -OCH3 is 1. The van der Waals surface area contributed by atoms with Crippen molar-refractivity contribution >= 4 is 33.8 Å². The number of carbonyl (C=O) groups is 2. The van der Waals surface area contributed by atoms with Gasteiger partial charge in [-0.1, -0.05) is 42.5 Å². The number of ketones is 1. The number of esters is 1. The lowest BCUT2D eigenvalue weighted by molar-refractivity contribution is -0.116. The number of rotatable bonds is 2. The summed E-state index contributed by atoms with van der Waals surface area (Å²) >= 11 is 0. The molecule has 0 saturated carbocycles. The van der Waals surface area contributed by atoms with Crippen molar-refractivity contribution in [2.75, 3.05) is 12.4 Å². The number of hydrogen-bond donors (Lipinski definition) is 1. The van der Waals surface area contributed by atoms with Crippen LogP contribution in [0, 0.1) is 0 Å². The number of fused-ring (bicyclic) bond motifs is 4. The summed E-state index contributed by atoms with van der Waals surface area (Å²) in [6.45, 7) is 0. The summed E-state index contributed by atoms with van der Waals surface area (Å²) < 4.78 is 4.79. The van der Waals surface area contributed by atoms with E-state index in [9.17, 15) is 9.59 Å². The standard InChI is InChI=1S/C25H21NO3/c1-29-25(28)17-11-9-16(10-12-17)24-23-19(7-4-8-21(23)27)22-18-6-3-2-5-15(18)13-14-20(22)26-24/h2-3,5-6,9-14,24,26H,4,7-8H2,1H3/t24-/m0/s1. The van der Waals surface area contributed by atoms with E-state index >= 15 is 0 Å². The lowest BCUT2D eigenvalue weighted by Gasteiger charge is -2.35. The summed E-state index contributed by atoms with van der Waals surface area (Å²) in [6.07, 6.45) is 2.37. The van der Waals surface area contributed by atoms with Gasteiger partial charge in [-0.25, -0.2) is 4.79 Å². The molecule has 0 spiro atoms. The average molecular weight is 383 g/mol. The van der Waals surface area contributed by atoms with Crippen LogP contribution in [-0.2, 0) is 9.53 Å². The van der Waals surface area contributed by atoms with Gasteiger partial charge in [0.15, 0.2) is 5.78 Å². The first-order valence-electron chi connectivity index (χ1n) is 9.90. The molecule has 0 aromatic heterocycles. The summed E-state index contributed by atoms with van der Waals surface area (Å²) in [7, 11) is 1.37. The zero-order valence-electron chi connectivity index (χ0n) is 16.2. The fourth-order valence-electron chi connectivity index (χ4n) is 4.58. The number of Topliss-reactive ketones (excluding diaryl/α,β-unsaturated/α-hetero) is 1. The zero-order chi connectivity index (χ0) is 20.0. The molecule has 0 fully saturated rings. The van der Waals surface area contributed by atoms with E-state index in [-0.39, 0.29) is 17.8 Å². The van der Waals surface area contributed by atoms with Crippen molar-refractivity contribution in [1.82, 2.24) is 0 Å². The van der Waals surface area contributed by atoms with E-state index in [1.807, 2.05) is 24.3 Å². The maximum absolute atomic E-state index is 13.0. The molecule has 5 rings (SSSR count). The van der Waals surface area contributed by atoms with Crippen molar-refractivity contribution in [2.45, 2.75) is 25.3 Å². The molecule has 3 aromatic rings. The summed E-state index contributed by atoms with van der Waals surface area (Å²) in [6, 6.07) is 19.7.